The monoisotopic (exact) mass is 552 g/mol. The summed E-state index contributed by atoms with van der Waals surface area (Å²) in [5.74, 6) is 2.71. The minimum absolute atomic E-state index is 0.0113. The largest absolute Gasteiger partial charge is 0.311 e. The minimum atomic E-state index is -0.0530. The molecule has 1 atom stereocenters. The van der Waals surface area contributed by atoms with Crippen LogP contribution in [0.5, 0.6) is 0 Å². The molecule has 34 heavy (non-hydrogen) atoms. The van der Waals surface area contributed by atoms with Crippen LogP contribution in [0.4, 0.5) is 0 Å². The molecule has 0 unspecified atom stereocenters. The maximum absolute atomic E-state index is 12.8. The molecule has 5 rings (SSSR count). The molecule has 0 aliphatic carbocycles. The quantitative estimate of drug-likeness (QED) is 0.192. The summed E-state index contributed by atoms with van der Waals surface area (Å²) in [6.45, 7) is 0. The van der Waals surface area contributed by atoms with Crippen LogP contribution in [0.2, 0.25) is 0 Å². The smallest absolute Gasteiger partial charge is 0.251 e. The lowest BCUT2D eigenvalue weighted by Crippen LogP contribution is -2.16. The van der Waals surface area contributed by atoms with Crippen LogP contribution in [-0.4, -0.2) is 9.55 Å². The Kier molecular flexibility index (Phi) is 6.04. The van der Waals surface area contributed by atoms with Gasteiger partial charge in [0.2, 0.25) is 0 Å². The van der Waals surface area contributed by atoms with Crippen LogP contribution >= 0.6 is 22.6 Å². The Hall–Kier alpha value is -3.69. The van der Waals surface area contributed by atoms with Gasteiger partial charge >= 0.3 is 0 Å². The minimum Gasteiger partial charge on any atom is -0.311 e. The molecule has 2 aromatic heterocycles. The number of hydrogen-bond donors (Lipinski definition) is 0. The van der Waals surface area contributed by atoms with Gasteiger partial charge in [0.1, 0.15) is 0 Å². The normalized spacial score (nSPS) is 11.8. The van der Waals surface area contributed by atoms with Crippen LogP contribution < -0.4 is 5.56 Å². The highest BCUT2D eigenvalue weighted by Gasteiger charge is 2.19. The van der Waals surface area contributed by atoms with Crippen molar-refractivity contribution >= 4 is 33.5 Å². The summed E-state index contributed by atoms with van der Waals surface area (Å²) < 4.78 is 2.88. The molecule has 5 aromatic rings. The highest BCUT2D eigenvalue weighted by molar-refractivity contribution is 14.1. The van der Waals surface area contributed by atoms with Gasteiger partial charge < -0.3 is 4.57 Å². The van der Waals surface area contributed by atoms with E-state index < -0.39 is 0 Å². The number of rotatable bonds is 4. The third kappa shape index (κ3) is 4.15. The molecular formula is C30H21IN2O. The van der Waals surface area contributed by atoms with Crippen molar-refractivity contribution in [3.63, 3.8) is 0 Å². The van der Waals surface area contributed by atoms with Gasteiger partial charge in [-0.3, -0.25) is 9.78 Å². The molecule has 0 aliphatic rings. The lowest BCUT2D eigenvalue weighted by atomic mass is 9.85. The van der Waals surface area contributed by atoms with Gasteiger partial charge in [-0.25, -0.2) is 0 Å². The molecule has 2 heterocycles. The van der Waals surface area contributed by atoms with Gasteiger partial charge in [0.15, 0.2) is 0 Å². The fourth-order valence-corrected chi connectivity index (χ4v) is 4.81. The van der Waals surface area contributed by atoms with Crippen molar-refractivity contribution in [2.75, 3.05) is 0 Å². The summed E-state index contributed by atoms with van der Waals surface area (Å²) >= 11 is 2.33. The van der Waals surface area contributed by atoms with Crippen LogP contribution in [0.1, 0.15) is 28.2 Å². The Morgan fingerprint density at radius 3 is 2.44 bits per heavy atom. The van der Waals surface area contributed by atoms with E-state index in [0.29, 0.717) is 0 Å². The maximum atomic E-state index is 12.8. The van der Waals surface area contributed by atoms with Crippen molar-refractivity contribution < 1.29 is 0 Å². The molecule has 3 aromatic carbocycles. The summed E-state index contributed by atoms with van der Waals surface area (Å²) in [6.07, 6.45) is 9.36. The van der Waals surface area contributed by atoms with Gasteiger partial charge in [-0.05, 0) is 92.9 Å². The predicted molar refractivity (Wildman–Crippen MR) is 147 cm³/mol. The van der Waals surface area contributed by atoms with Crippen LogP contribution in [-0.2, 0) is 7.05 Å². The first-order chi connectivity index (χ1) is 16.5. The van der Waals surface area contributed by atoms with E-state index in [-0.39, 0.29) is 11.5 Å². The average molecular weight is 552 g/mol. The summed E-state index contributed by atoms with van der Waals surface area (Å²) in [4.78, 5) is 17.2. The van der Waals surface area contributed by atoms with E-state index in [1.165, 1.54) is 9.13 Å². The van der Waals surface area contributed by atoms with E-state index in [9.17, 15) is 4.79 Å². The zero-order valence-corrected chi connectivity index (χ0v) is 20.7. The van der Waals surface area contributed by atoms with Gasteiger partial charge in [0.05, 0.1) is 5.52 Å². The number of terminal acetylenes is 1. The van der Waals surface area contributed by atoms with E-state index >= 15 is 0 Å². The van der Waals surface area contributed by atoms with Gasteiger partial charge in [0, 0.05) is 45.9 Å². The number of aromatic nitrogens is 2. The van der Waals surface area contributed by atoms with E-state index in [1.54, 1.807) is 16.8 Å². The first-order valence-electron chi connectivity index (χ1n) is 10.9. The SMILES string of the molecule is C#Cc1cccc(-c2cc(=O)n(C)c3ccc([C@H](c4ccc(I)cc4)c4cccnc4)cc23)c1. The topological polar surface area (TPSA) is 34.9 Å². The van der Waals surface area contributed by atoms with Crippen molar-refractivity contribution in [1.29, 1.82) is 0 Å². The Morgan fingerprint density at radius 1 is 0.912 bits per heavy atom. The van der Waals surface area contributed by atoms with Crippen molar-refractivity contribution in [1.82, 2.24) is 9.55 Å². The third-order valence-electron chi connectivity index (χ3n) is 6.17. The van der Waals surface area contributed by atoms with Crippen molar-refractivity contribution in [3.8, 4) is 23.5 Å². The highest BCUT2D eigenvalue weighted by atomic mass is 127. The van der Waals surface area contributed by atoms with Crippen molar-refractivity contribution in [2.24, 2.45) is 7.05 Å². The second-order valence-corrected chi connectivity index (χ2v) is 9.47. The van der Waals surface area contributed by atoms with E-state index in [2.05, 4.69) is 76.0 Å². The van der Waals surface area contributed by atoms with Crippen molar-refractivity contribution in [3.05, 3.63) is 134 Å². The number of benzene rings is 3. The molecule has 4 heteroatoms. The summed E-state index contributed by atoms with van der Waals surface area (Å²) in [7, 11) is 1.81. The van der Waals surface area contributed by atoms with Gasteiger partial charge in [-0.15, -0.1) is 6.42 Å². The first-order valence-corrected chi connectivity index (χ1v) is 12.0. The number of aryl methyl sites for hydroxylation is 1. The fraction of sp³-hybridized carbons (Fsp3) is 0.0667. The Bertz CT molecular complexity index is 1600. The molecule has 3 nitrogen and oxygen atoms in total. The van der Waals surface area contributed by atoms with E-state index in [1.807, 2.05) is 49.6 Å². The standard InChI is InChI=1S/C30H21IN2O/c1-3-20-6-4-7-22(16-20)26-18-29(34)33(2)28-14-11-23(17-27(26)28)30(24-8-5-15-32-19-24)21-9-12-25(31)13-10-21/h1,4-19,30H,2H3/t30-/m0/s1. The number of fused-ring (bicyclic) bond motifs is 1. The molecule has 0 saturated carbocycles. The average Bonchev–Trinajstić information content (AvgIpc) is 2.88. The molecular weight excluding hydrogens is 531 g/mol. The Labute approximate surface area is 212 Å². The molecule has 0 amide bonds. The maximum Gasteiger partial charge on any atom is 0.251 e. The fourth-order valence-electron chi connectivity index (χ4n) is 4.45. The van der Waals surface area contributed by atoms with Crippen LogP contribution in [0.15, 0.2) is 102 Å². The summed E-state index contributed by atoms with van der Waals surface area (Å²) in [6, 6.07) is 28.5. The lowest BCUT2D eigenvalue weighted by Gasteiger charge is -2.20. The molecule has 0 radical (unpaired) electrons. The Morgan fingerprint density at radius 2 is 1.71 bits per heavy atom. The second kappa shape index (κ2) is 9.28. The van der Waals surface area contributed by atoms with Crippen LogP contribution in [0, 0.1) is 15.9 Å². The number of nitrogens with zero attached hydrogens (tertiary/aromatic N) is 2. The van der Waals surface area contributed by atoms with Gasteiger partial charge in [-0.1, -0.05) is 42.3 Å². The highest BCUT2D eigenvalue weighted by Crippen LogP contribution is 2.36. The zero-order chi connectivity index (χ0) is 23.7. The first kappa shape index (κ1) is 22.1. The molecule has 0 spiro atoms. The molecule has 0 fully saturated rings. The second-order valence-electron chi connectivity index (χ2n) is 8.23. The summed E-state index contributed by atoms with van der Waals surface area (Å²) in [5.41, 5.74) is 6.86. The molecule has 0 N–H and O–H groups in total. The van der Waals surface area contributed by atoms with Crippen LogP contribution in [0.25, 0.3) is 22.0 Å². The van der Waals surface area contributed by atoms with Gasteiger partial charge in [0.25, 0.3) is 5.56 Å². The molecule has 0 bridgehead atoms. The molecule has 0 saturated heterocycles. The third-order valence-corrected chi connectivity index (χ3v) is 6.88. The number of hydrogen-bond acceptors (Lipinski definition) is 2. The summed E-state index contributed by atoms with van der Waals surface area (Å²) in [5, 5.41) is 1.01. The Balaban J connectivity index is 1.78. The predicted octanol–water partition coefficient (Wildman–Crippen LogP) is 6.37. The van der Waals surface area contributed by atoms with Crippen LogP contribution in [0.3, 0.4) is 0 Å². The van der Waals surface area contributed by atoms with E-state index in [0.717, 1.165) is 38.7 Å². The number of pyridine rings is 2. The number of halogens is 1. The lowest BCUT2D eigenvalue weighted by molar-refractivity contribution is 0.904. The van der Waals surface area contributed by atoms with Gasteiger partial charge in [-0.2, -0.15) is 0 Å². The zero-order valence-electron chi connectivity index (χ0n) is 18.6. The molecule has 0 aliphatic heterocycles. The van der Waals surface area contributed by atoms with E-state index in [4.69, 9.17) is 6.42 Å². The molecule has 164 valence electrons. The van der Waals surface area contributed by atoms with Crippen molar-refractivity contribution in [2.45, 2.75) is 5.92 Å².